The van der Waals surface area contributed by atoms with E-state index in [1.807, 2.05) is 6.92 Å². The van der Waals surface area contributed by atoms with Crippen molar-refractivity contribution in [1.82, 2.24) is 15.5 Å². The molecule has 1 heterocycles. The predicted molar refractivity (Wildman–Crippen MR) is 61.9 cm³/mol. The standard InChI is InChI=1S/C11H21N3O2/c1-3-14(2)11(16)10(15)13-8-9-4-6-12-7-5-9/h9,12H,3-8H2,1-2H3,(H,13,15). The molecule has 1 aliphatic rings. The van der Waals surface area contributed by atoms with Gasteiger partial charge in [-0.3, -0.25) is 9.59 Å². The second kappa shape index (κ2) is 6.48. The lowest BCUT2D eigenvalue weighted by molar-refractivity contribution is -0.144. The highest BCUT2D eigenvalue weighted by molar-refractivity contribution is 6.34. The summed E-state index contributed by atoms with van der Waals surface area (Å²) in [5.74, 6) is -0.427. The van der Waals surface area contributed by atoms with Crippen LogP contribution in [-0.2, 0) is 9.59 Å². The fraction of sp³-hybridized carbons (Fsp3) is 0.818. The Bertz CT molecular complexity index is 250. The maximum Gasteiger partial charge on any atom is 0.311 e. The molecule has 0 radical (unpaired) electrons. The molecule has 1 saturated heterocycles. The van der Waals surface area contributed by atoms with Crippen molar-refractivity contribution in [3.63, 3.8) is 0 Å². The van der Waals surface area contributed by atoms with Crippen LogP contribution in [0.5, 0.6) is 0 Å². The molecule has 0 aromatic rings. The van der Waals surface area contributed by atoms with Gasteiger partial charge < -0.3 is 15.5 Å². The van der Waals surface area contributed by atoms with Crippen LogP contribution in [0.4, 0.5) is 0 Å². The monoisotopic (exact) mass is 227 g/mol. The second-order valence-corrected chi connectivity index (χ2v) is 4.22. The summed E-state index contributed by atoms with van der Waals surface area (Å²) < 4.78 is 0. The van der Waals surface area contributed by atoms with Crippen LogP contribution < -0.4 is 10.6 Å². The Labute approximate surface area is 96.6 Å². The van der Waals surface area contributed by atoms with E-state index in [-0.39, 0.29) is 0 Å². The normalized spacial score (nSPS) is 16.9. The van der Waals surface area contributed by atoms with Gasteiger partial charge in [-0.25, -0.2) is 0 Å². The average molecular weight is 227 g/mol. The molecule has 0 spiro atoms. The number of piperidine rings is 1. The van der Waals surface area contributed by atoms with Crippen molar-refractivity contribution >= 4 is 11.8 Å². The summed E-state index contributed by atoms with van der Waals surface area (Å²) in [5.41, 5.74) is 0. The summed E-state index contributed by atoms with van der Waals surface area (Å²) in [7, 11) is 1.63. The number of likely N-dealkylation sites (N-methyl/N-ethyl adjacent to an activating group) is 1. The SMILES string of the molecule is CCN(C)C(=O)C(=O)NCC1CCNCC1. The molecule has 0 unspecified atom stereocenters. The lowest BCUT2D eigenvalue weighted by atomic mass is 9.98. The van der Waals surface area contributed by atoms with E-state index < -0.39 is 11.8 Å². The van der Waals surface area contributed by atoms with Gasteiger partial charge in [0.15, 0.2) is 0 Å². The quantitative estimate of drug-likeness (QED) is 0.644. The van der Waals surface area contributed by atoms with Crippen LogP contribution in [0.2, 0.25) is 0 Å². The smallest absolute Gasteiger partial charge is 0.311 e. The van der Waals surface area contributed by atoms with E-state index in [0.29, 0.717) is 19.0 Å². The highest BCUT2D eigenvalue weighted by atomic mass is 16.2. The van der Waals surface area contributed by atoms with Crippen molar-refractivity contribution < 1.29 is 9.59 Å². The Morgan fingerprint density at radius 2 is 2.00 bits per heavy atom. The van der Waals surface area contributed by atoms with Crippen LogP contribution in [-0.4, -0.2) is 49.9 Å². The van der Waals surface area contributed by atoms with Crippen LogP contribution in [0.1, 0.15) is 19.8 Å². The predicted octanol–water partition coefficient (Wildman–Crippen LogP) is -0.419. The van der Waals surface area contributed by atoms with Crippen molar-refractivity contribution in [2.75, 3.05) is 33.2 Å². The minimum atomic E-state index is -0.483. The van der Waals surface area contributed by atoms with E-state index in [1.165, 1.54) is 4.90 Å². The summed E-state index contributed by atoms with van der Waals surface area (Å²) in [6.07, 6.45) is 2.14. The third-order valence-corrected chi connectivity index (χ3v) is 3.03. The van der Waals surface area contributed by atoms with Gasteiger partial charge in [0, 0.05) is 20.1 Å². The van der Waals surface area contributed by atoms with Crippen LogP contribution in [0.25, 0.3) is 0 Å². The first kappa shape index (κ1) is 13.0. The summed E-state index contributed by atoms with van der Waals surface area (Å²) >= 11 is 0. The molecule has 2 amide bonds. The van der Waals surface area contributed by atoms with E-state index in [4.69, 9.17) is 0 Å². The highest BCUT2D eigenvalue weighted by Crippen LogP contribution is 2.09. The fourth-order valence-corrected chi connectivity index (χ4v) is 1.72. The maximum atomic E-state index is 11.5. The molecular formula is C11H21N3O2. The number of nitrogens with zero attached hydrogens (tertiary/aromatic N) is 1. The molecule has 0 atom stereocenters. The number of amides is 2. The zero-order valence-electron chi connectivity index (χ0n) is 10.1. The van der Waals surface area contributed by atoms with Gasteiger partial charge in [0.25, 0.3) is 0 Å². The zero-order valence-corrected chi connectivity index (χ0v) is 10.1. The number of carbonyl (C=O) groups is 2. The first-order valence-electron chi connectivity index (χ1n) is 5.89. The molecular weight excluding hydrogens is 206 g/mol. The van der Waals surface area contributed by atoms with E-state index in [1.54, 1.807) is 7.05 Å². The minimum absolute atomic E-state index is 0.448. The molecule has 1 fully saturated rings. The maximum absolute atomic E-state index is 11.5. The molecule has 0 aromatic carbocycles. The number of hydrogen-bond acceptors (Lipinski definition) is 3. The minimum Gasteiger partial charge on any atom is -0.348 e. The third-order valence-electron chi connectivity index (χ3n) is 3.03. The van der Waals surface area contributed by atoms with Gasteiger partial charge in [-0.1, -0.05) is 0 Å². The summed E-state index contributed by atoms with van der Waals surface area (Å²) in [6, 6.07) is 0. The van der Waals surface area contributed by atoms with E-state index >= 15 is 0 Å². The first-order valence-corrected chi connectivity index (χ1v) is 5.89. The third kappa shape index (κ3) is 3.81. The molecule has 1 aliphatic heterocycles. The lowest BCUT2D eigenvalue weighted by Gasteiger charge is -2.23. The molecule has 0 saturated carbocycles. The van der Waals surface area contributed by atoms with Gasteiger partial charge in [0.05, 0.1) is 0 Å². The molecule has 92 valence electrons. The van der Waals surface area contributed by atoms with Gasteiger partial charge in [-0.2, -0.15) is 0 Å². The molecule has 0 bridgehead atoms. The topological polar surface area (TPSA) is 61.4 Å². The van der Waals surface area contributed by atoms with Crippen molar-refractivity contribution in [2.45, 2.75) is 19.8 Å². The van der Waals surface area contributed by atoms with Crippen molar-refractivity contribution in [3.8, 4) is 0 Å². The molecule has 0 aromatic heterocycles. The van der Waals surface area contributed by atoms with Crippen molar-refractivity contribution in [3.05, 3.63) is 0 Å². The summed E-state index contributed by atoms with van der Waals surface area (Å²) in [6.45, 7) is 5.02. The summed E-state index contributed by atoms with van der Waals surface area (Å²) in [4.78, 5) is 24.3. The molecule has 1 rings (SSSR count). The van der Waals surface area contributed by atoms with Crippen LogP contribution in [0, 0.1) is 5.92 Å². The Morgan fingerprint density at radius 1 is 1.38 bits per heavy atom. The van der Waals surface area contributed by atoms with Crippen LogP contribution in [0.3, 0.4) is 0 Å². The van der Waals surface area contributed by atoms with Gasteiger partial charge >= 0.3 is 11.8 Å². The Morgan fingerprint density at radius 3 is 2.56 bits per heavy atom. The largest absolute Gasteiger partial charge is 0.348 e. The highest BCUT2D eigenvalue weighted by Gasteiger charge is 2.19. The van der Waals surface area contributed by atoms with Crippen LogP contribution >= 0.6 is 0 Å². The second-order valence-electron chi connectivity index (χ2n) is 4.22. The molecule has 16 heavy (non-hydrogen) atoms. The molecule has 5 heteroatoms. The van der Waals surface area contributed by atoms with E-state index in [0.717, 1.165) is 25.9 Å². The number of carbonyl (C=O) groups excluding carboxylic acids is 2. The van der Waals surface area contributed by atoms with Crippen molar-refractivity contribution in [2.24, 2.45) is 5.92 Å². The number of hydrogen-bond donors (Lipinski definition) is 2. The Balaban J connectivity index is 2.25. The number of nitrogens with one attached hydrogen (secondary N) is 2. The van der Waals surface area contributed by atoms with E-state index in [9.17, 15) is 9.59 Å². The van der Waals surface area contributed by atoms with Crippen molar-refractivity contribution in [1.29, 1.82) is 0 Å². The average Bonchev–Trinajstić information content (AvgIpc) is 2.35. The number of rotatable bonds is 3. The molecule has 0 aliphatic carbocycles. The van der Waals surface area contributed by atoms with Gasteiger partial charge in [-0.15, -0.1) is 0 Å². The van der Waals surface area contributed by atoms with Gasteiger partial charge in [0.2, 0.25) is 0 Å². The fourth-order valence-electron chi connectivity index (χ4n) is 1.72. The summed E-state index contributed by atoms with van der Waals surface area (Å²) in [5, 5.41) is 5.97. The van der Waals surface area contributed by atoms with Gasteiger partial charge in [0.1, 0.15) is 0 Å². The Hall–Kier alpha value is -1.10. The van der Waals surface area contributed by atoms with Gasteiger partial charge in [-0.05, 0) is 38.8 Å². The molecule has 2 N–H and O–H groups in total. The zero-order chi connectivity index (χ0) is 12.0. The van der Waals surface area contributed by atoms with Crippen LogP contribution in [0.15, 0.2) is 0 Å². The van der Waals surface area contributed by atoms with E-state index in [2.05, 4.69) is 10.6 Å². The lowest BCUT2D eigenvalue weighted by Crippen LogP contribution is -2.43. The Kier molecular flexibility index (Phi) is 5.25. The molecule has 5 nitrogen and oxygen atoms in total. The first-order chi connectivity index (χ1) is 7.65.